The highest BCUT2D eigenvalue weighted by Crippen LogP contribution is 2.35. The maximum Gasteiger partial charge on any atom is 0.255 e. The molecule has 0 bridgehead atoms. The molecule has 4 heterocycles. The number of nitrogens with zero attached hydrogens (tertiary/aromatic N) is 3. The summed E-state index contributed by atoms with van der Waals surface area (Å²) >= 11 is 5.43. The number of imidazole rings is 1. The van der Waals surface area contributed by atoms with Crippen molar-refractivity contribution in [3.8, 4) is 11.3 Å². The van der Waals surface area contributed by atoms with Crippen molar-refractivity contribution in [2.75, 3.05) is 31.0 Å². The molecular weight excluding hydrogens is 468 g/mol. The molecule has 1 aliphatic rings. The summed E-state index contributed by atoms with van der Waals surface area (Å²) in [5, 5.41) is 1.14. The smallest absolute Gasteiger partial charge is 0.255 e. The molecule has 1 aromatic carbocycles. The molecule has 1 fully saturated rings. The van der Waals surface area contributed by atoms with Gasteiger partial charge >= 0.3 is 0 Å². The van der Waals surface area contributed by atoms with E-state index in [2.05, 4.69) is 56.8 Å². The molecule has 34 heavy (non-hydrogen) atoms. The van der Waals surface area contributed by atoms with Crippen LogP contribution in [0, 0.1) is 6.92 Å². The van der Waals surface area contributed by atoms with E-state index in [-0.39, 0.29) is 0 Å². The number of aromatic amines is 1. The van der Waals surface area contributed by atoms with Gasteiger partial charge in [-0.15, -0.1) is 0 Å². The Hall–Kier alpha value is -2.33. The van der Waals surface area contributed by atoms with Gasteiger partial charge < -0.3 is 18.9 Å². The SMILES string of the molecule is CS.Cc1ccc2cc(-c3cnc(CCSCCCC4(c5ncco5)OCCO4)[nH]3)ccc2n1. The Labute approximate surface area is 209 Å². The molecule has 0 saturated carbocycles. The maximum absolute atomic E-state index is 5.83. The number of aromatic nitrogens is 4. The predicted octanol–water partition coefficient (Wildman–Crippen LogP) is 5.42. The number of ether oxygens (including phenoxy) is 2. The number of nitrogens with one attached hydrogen (secondary N) is 1. The lowest BCUT2D eigenvalue weighted by molar-refractivity contribution is -0.186. The van der Waals surface area contributed by atoms with E-state index in [1.165, 1.54) is 0 Å². The first kappa shape index (κ1) is 24.8. The lowest BCUT2D eigenvalue weighted by atomic mass is 10.1. The number of fused-ring (bicyclic) bond motifs is 1. The third-order valence-electron chi connectivity index (χ3n) is 5.56. The topological polar surface area (TPSA) is 86.1 Å². The Kier molecular flexibility index (Phi) is 8.66. The largest absolute Gasteiger partial charge is 0.444 e. The minimum atomic E-state index is -0.811. The lowest BCUT2D eigenvalue weighted by Gasteiger charge is -2.23. The van der Waals surface area contributed by atoms with Crippen molar-refractivity contribution in [2.24, 2.45) is 0 Å². The molecule has 1 saturated heterocycles. The Morgan fingerprint density at radius 1 is 1.09 bits per heavy atom. The number of hydrogen-bond donors (Lipinski definition) is 2. The fourth-order valence-electron chi connectivity index (χ4n) is 3.95. The van der Waals surface area contributed by atoms with E-state index in [1.807, 2.05) is 30.9 Å². The van der Waals surface area contributed by atoms with E-state index >= 15 is 0 Å². The number of benzene rings is 1. The average Bonchev–Trinajstić information content (AvgIpc) is 3.65. The molecule has 1 N–H and O–H groups in total. The van der Waals surface area contributed by atoms with Crippen molar-refractivity contribution < 1.29 is 13.9 Å². The number of H-pyrrole nitrogens is 1. The second-order valence-corrected chi connectivity index (χ2v) is 9.08. The number of pyridine rings is 1. The van der Waals surface area contributed by atoms with Crippen LogP contribution < -0.4 is 0 Å². The van der Waals surface area contributed by atoms with Crippen LogP contribution in [-0.2, 0) is 21.7 Å². The average molecular weight is 499 g/mol. The van der Waals surface area contributed by atoms with Crippen LogP contribution in [-0.4, -0.2) is 50.9 Å². The molecule has 180 valence electrons. The van der Waals surface area contributed by atoms with Crippen molar-refractivity contribution in [3.63, 3.8) is 0 Å². The molecule has 0 radical (unpaired) electrons. The quantitative estimate of drug-likeness (QED) is 0.235. The zero-order valence-electron chi connectivity index (χ0n) is 19.5. The number of thiol groups is 1. The monoisotopic (exact) mass is 498 g/mol. The molecule has 5 rings (SSSR count). The van der Waals surface area contributed by atoms with Gasteiger partial charge in [-0.25, -0.2) is 9.97 Å². The molecule has 1 aliphatic heterocycles. The zero-order valence-corrected chi connectivity index (χ0v) is 21.2. The number of thioether (sulfide) groups is 1. The first-order valence-electron chi connectivity index (χ1n) is 11.3. The van der Waals surface area contributed by atoms with Crippen molar-refractivity contribution in [1.29, 1.82) is 0 Å². The summed E-state index contributed by atoms with van der Waals surface area (Å²) in [5.41, 5.74) is 4.21. The Morgan fingerprint density at radius 2 is 1.94 bits per heavy atom. The molecule has 0 amide bonds. The van der Waals surface area contributed by atoms with Crippen molar-refractivity contribution in [2.45, 2.75) is 32.0 Å². The zero-order chi connectivity index (χ0) is 23.8. The van der Waals surface area contributed by atoms with E-state index in [0.717, 1.165) is 64.4 Å². The van der Waals surface area contributed by atoms with E-state index in [1.54, 1.807) is 18.7 Å². The maximum atomic E-state index is 5.83. The molecule has 9 heteroatoms. The summed E-state index contributed by atoms with van der Waals surface area (Å²) in [6.45, 7) is 3.16. The van der Waals surface area contributed by atoms with Gasteiger partial charge in [-0.05, 0) is 43.6 Å². The Bertz CT molecular complexity index is 1170. The molecular formula is C25H30N4O3S2. The van der Waals surface area contributed by atoms with Crippen LogP contribution in [0.3, 0.4) is 0 Å². The summed E-state index contributed by atoms with van der Waals surface area (Å²) < 4.78 is 17.1. The lowest BCUT2D eigenvalue weighted by Crippen LogP contribution is -2.27. The van der Waals surface area contributed by atoms with Gasteiger partial charge in [0.15, 0.2) is 0 Å². The highest BCUT2D eigenvalue weighted by Gasteiger charge is 2.42. The number of aryl methyl sites for hydroxylation is 2. The van der Waals surface area contributed by atoms with Gasteiger partial charge in [0.2, 0.25) is 5.79 Å². The summed E-state index contributed by atoms with van der Waals surface area (Å²) in [6.07, 6.45) is 9.39. The Morgan fingerprint density at radius 3 is 2.74 bits per heavy atom. The minimum Gasteiger partial charge on any atom is -0.444 e. The van der Waals surface area contributed by atoms with Crippen molar-refractivity contribution in [3.05, 3.63) is 66.4 Å². The van der Waals surface area contributed by atoms with Crippen molar-refractivity contribution >= 4 is 35.3 Å². The van der Waals surface area contributed by atoms with Crippen LogP contribution in [0.25, 0.3) is 22.2 Å². The molecule has 0 atom stereocenters. The van der Waals surface area contributed by atoms with E-state index in [4.69, 9.17) is 13.9 Å². The third-order valence-corrected chi connectivity index (χ3v) is 6.63. The molecule has 3 aromatic heterocycles. The van der Waals surface area contributed by atoms with Gasteiger partial charge in [-0.3, -0.25) is 4.98 Å². The van der Waals surface area contributed by atoms with Crippen LogP contribution in [0.1, 0.15) is 30.3 Å². The van der Waals surface area contributed by atoms with Gasteiger partial charge in [-0.2, -0.15) is 24.4 Å². The second-order valence-electron chi connectivity index (χ2n) is 7.86. The molecule has 0 aliphatic carbocycles. The highest BCUT2D eigenvalue weighted by molar-refractivity contribution is 7.99. The number of oxazole rings is 1. The van der Waals surface area contributed by atoms with Crippen LogP contribution in [0.15, 0.2) is 53.4 Å². The Balaban J connectivity index is 0.00000133. The van der Waals surface area contributed by atoms with Crippen LogP contribution >= 0.6 is 24.4 Å². The minimum absolute atomic E-state index is 0.516. The van der Waals surface area contributed by atoms with Crippen LogP contribution in [0.5, 0.6) is 0 Å². The summed E-state index contributed by atoms with van der Waals surface area (Å²) in [4.78, 5) is 16.8. The first-order chi connectivity index (χ1) is 16.7. The molecule has 4 aromatic rings. The highest BCUT2D eigenvalue weighted by atomic mass is 32.2. The molecule has 7 nitrogen and oxygen atoms in total. The van der Waals surface area contributed by atoms with Crippen LogP contribution in [0.4, 0.5) is 0 Å². The summed E-state index contributed by atoms with van der Waals surface area (Å²) in [7, 11) is 0. The summed E-state index contributed by atoms with van der Waals surface area (Å²) in [6, 6.07) is 10.5. The number of rotatable bonds is 9. The fraction of sp³-hybridized carbons (Fsp3) is 0.400. The summed E-state index contributed by atoms with van der Waals surface area (Å²) in [5.74, 6) is 2.73. The van der Waals surface area contributed by atoms with Gasteiger partial charge in [0.1, 0.15) is 12.1 Å². The fourth-order valence-corrected chi connectivity index (χ4v) is 4.84. The molecule has 0 unspecified atom stereocenters. The van der Waals surface area contributed by atoms with Crippen molar-refractivity contribution in [1.82, 2.24) is 19.9 Å². The normalized spacial score (nSPS) is 14.8. The van der Waals surface area contributed by atoms with Gasteiger partial charge in [0, 0.05) is 35.2 Å². The number of hydrogen-bond acceptors (Lipinski definition) is 8. The van der Waals surface area contributed by atoms with Gasteiger partial charge in [0.05, 0.1) is 36.8 Å². The van der Waals surface area contributed by atoms with E-state index in [9.17, 15) is 0 Å². The van der Waals surface area contributed by atoms with Gasteiger partial charge in [0.25, 0.3) is 5.89 Å². The molecule has 0 spiro atoms. The van der Waals surface area contributed by atoms with Gasteiger partial charge in [-0.1, -0.05) is 12.1 Å². The van der Waals surface area contributed by atoms with E-state index in [0.29, 0.717) is 19.1 Å². The second kappa shape index (κ2) is 11.9. The first-order valence-corrected chi connectivity index (χ1v) is 13.4. The predicted molar refractivity (Wildman–Crippen MR) is 139 cm³/mol. The standard InChI is InChI=1S/C24H26N4O3S.CH4S/c1-17-3-4-18-15-19(5-6-20(18)27-17)21-16-26-22(28-21)7-14-32-13-2-8-24(30-11-12-31-24)23-25-9-10-29-23;1-2/h3-6,9-10,15-16H,2,7-8,11-14H2,1H3,(H,26,28);2H,1H3. The third kappa shape index (κ3) is 5.83. The van der Waals surface area contributed by atoms with Crippen LogP contribution in [0.2, 0.25) is 0 Å². The van der Waals surface area contributed by atoms with E-state index < -0.39 is 5.79 Å².